The SMILES string of the molecule is CCCNC1(C(=O)OCC)CCCC1CCn1ccnc1. The topological polar surface area (TPSA) is 56.1 Å². The predicted octanol–water partition coefficient (Wildman–Crippen LogP) is 2.37. The minimum Gasteiger partial charge on any atom is -0.465 e. The van der Waals surface area contributed by atoms with E-state index in [0.717, 1.165) is 45.2 Å². The first-order valence-electron chi connectivity index (χ1n) is 8.11. The maximum absolute atomic E-state index is 12.5. The lowest BCUT2D eigenvalue weighted by molar-refractivity contribution is -0.153. The highest BCUT2D eigenvalue weighted by atomic mass is 16.5. The van der Waals surface area contributed by atoms with Crippen LogP contribution in [0.2, 0.25) is 0 Å². The van der Waals surface area contributed by atoms with Crippen molar-refractivity contribution in [1.29, 1.82) is 0 Å². The molecule has 0 amide bonds. The number of hydrogen-bond acceptors (Lipinski definition) is 4. The van der Waals surface area contributed by atoms with Crippen molar-refractivity contribution in [3.63, 3.8) is 0 Å². The van der Waals surface area contributed by atoms with Crippen LogP contribution in [0.4, 0.5) is 0 Å². The molecule has 0 radical (unpaired) electrons. The van der Waals surface area contributed by atoms with Crippen LogP contribution in [0, 0.1) is 5.92 Å². The summed E-state index contributed by atoms with van der Waals surface area (Å²) in [4.78, 5) is 16.6. The molecule has 1 N–H and O–H groups in total. The van der Waals surface area contributed by atoms with Crippen molar-refractivity contribution in [2.24, 2.45) is 5.92 Å². The Bertz CT molecular complexity index is 433. The molecule has 0 aromatic carbocycles. The maximum Gasteiger partial charge on any atom is 0.326 e. The Kier molecular flexibility index (Phi) is 5.79. The molecule has 21 heavy (non-hydrogen) atoms. The van der Waals surface area contributed by atoms with Gasteiger partial charge >= 0.3 is 5.97 Å². The Hall–Kier alpha value is -1.36. The van der Waals surface area contributed by atoms with Gasteiger partial charge in [0.1, 0.15) is 5.54 Å². The van der Waals surface area contributed by atoms with Gasteiger partial charge in [-0.05, 0) is 45.1 Å². The summed E-state index contributed by atoms with van der Waals surface area (Å²) < 4.78 is 7.45. The molecule has 5 nitrogen and oxygen atoms in total. The Morgan fingerprint density at radius 1 is 1.52 bits per heavy atom. The van der Waals surface area contributed by atoms with Gasteiger partial charge in [0.05, 0.1) is 12.9 Å². The van der Waals surface area contributed by atoms with Crippen molar-refractivity contribution in [1.82, 2.24) is 14.9 Å². The standard InChI is InChI=1S/C16H27N3O2/c1-3-9-18-16(15(20)21-4-2)8-5-6-14(16)7-11-19-12-10-17-13-19/h10,12-14,18H,3-9,11H2,1-2H3. The lowest BCUT2D eigenvalue weighted by atomic mass is 9.84. The molecule has 2 rings (SSSR count). The molecule has 118 valence electrons. The van der Waals surface area contributed by atoms with Gasteiger partial charge < -0.3 is 14.6 Å². The maximum atomic E-state index is 12.5. The molecule has 0 aliphatic heterocycles. The summed E-state index contributed by atoms with van der Waals surface area (Å²) in [6.07, 6.45) is 10.7. The third-order valence-electron chi connectivity index (χ3n) is 4.45. The van der Waals surface area contributed by atoms with Crippen LogP contribution < -0.4 is 5.32 Å². The first-order valence-corrected chi connectivity index (χ1v) is 8.11. The van der Waals surface area contributed by atoms with Gasteiger partial charge in [-0.25, -0.2) is 4.98 Å². The number of rotatable bonds is 8. The van der Waals surface area contributed by atoms with Gasteiger partial charge in [-0.2, -0.15) is 0 Å². The molecule has 0 saturated heterocycles. The molecule has 5 heteroatoms. The van der Waals surface area contributed by atoms with E-state index in [1.54, 1.807) is 6.20 Å². The van der Waals surface area contributed by atoms with Crippen molar-refractivity contribution in [2.75, 3.05) is 13.2 Å². The summed E-state index contributed by atoms with van der Waals surface area (Å²) in [6.45, 7) is 6.21. The van der Waals surface area contributed by atoms with Gasteiger partial charge in [-0.15, -0.1) is 0 Å². The number of nitrogens with one attached hydrogen (secondary N) is 1. The van der Waals surface area contributed by atoms with Gasteiger partial charge in [-0.3, -0.25) is 4.79 Å². The number of aryl methyl sites for hydroxylation is 1. The molecule has 0 spiro atoms. The summed E-state index contributed by atoms with van der Waals surface area (Å²) >= 11 is 0. The van der Waals surface area contributed by atoms with Crippen molar-refractivity contribution < 1.29 is 9.53 Å². The average Bonchev–Trinajstić information content (AvgIpc) is 3.13. The second kappa shape index (κ2) is 7.59. The minimum absolute atomic E-state index is 0.0634. The third kappa shape index (κ3) is 3.64. The van der Waals surface area contributed by atoms with E-state index < -0.39 is 5.54 Å². The van der Waals surface area contributed by atoms with Gasteiger partial charge in [0, 0.05) is 18.9 Å². The summed E-state index contributed by atoms with van der Waals surface area (Å²) in [5.41, 5.74) is -0.480. The molecule has 1 saturated carbocycles. The molecular formula is C16H27N3O2. The Labute approximate surface area is 127 Å². The zero-order valence-electron chi connectivity index (χ0n) is 13.2. The fourth-order valence-electron chi connectivity index (χ4n) is 3.37. The number of nitrogens with zero attached hydrogens (tertiary/aromatic N) is 2. The highest BCUT2D eigenvalue weighted by Crippen LogP contribution is 2.39. The van der Waals surface area contributed by atoms with E-state index in [1.165, 1.54) is 0 Å². The van der Waals surface area contributed by atoms with Crippen LogP contribution in [-0.2, 0) is 16.1 Å². The van der Waals surface area contributed by atoms with E-state index in [1.807, 2.05) is 19.4 Å². The number of ether oxygens (including phenoxy) is 1. The van der Waals surface area contributed by atoms with E-state index in [4.69, 9.17) is 4.74 Å². The van der Waals surface area contributed by atoms with Crippen LogP contribution >= 0.6 is 0 Å². The van der Waals surface area contributed by atoms with Crippen LogP contribution in [0.5, 0.6) is 0 Å². The van der Waals surface area contributed by atoms with Crippen LogP contribution in [0.1, 0.15) is 46.0 Å². The monoisotopic (exact) mass is 293 g/mol. The molecule has 2 atom stereocenters. The van der Waals surface area contributed by atoms with E-state index in [9.17, 15) is 4.79 Å². The zero-order valence-corrected chi connectivity index (χ0v) is 13.2. The first-order chi connectivity index (χ1) is 10.2. The highest BCUT2D eigenvalue weighted by molar-refractivity contribution is 5.81. The molecule has 1 fully saturated rings. The van der Waals surface area contributed by atoms with Gasteiger partial charge in [-0.1, -0.05) is 13.3 Å². The second-order valence-electron chi connectivity index (χ2n) is 5.80. The zero-order chi connectivity index (χ0) is 15.1. The molecule has 1 aromatic heterocycles. The molecule has 1 heterocycles. The fourth-order valence-corrected chi connectivity index (χ4v) is 3.37. The van der Waals surface area contributed by atoms with Crippen LogP contribution in [-0.4, -0.2) is 34.2 Å². The summed E-state index contributed by atoms with van der Waals surface area (Å²) in [5, 5.41) is 3.51. The van der Waals surface area contributed by atoms with Crippen molar-refractivity contribution in [3.05, 3.63) is 18.7 Å². The van der Waals surface area contributed by atoms with Gasteiger partial charge in [0.15, 0.2) is 0 Å². The smallest absolute Gasteiger partial charge is 0.326 e. The van der Waals surface area contributed by atoms with E-state index in [2.05, 4.69) is 21.8 Å². The number of carbonyl (C=O) groups excluding carboxylic acids is 1. The Balaban J connectivity index is 2.06. The molecule has 1 aliphatic rings. The average molecular weight is 293 g/mol. The lowest BCUT2D eigenvalue weighted by Gasteiger charge is -2.34. The van der Waals surface area contributed by atoms with E-state index in [-0.39, 0.29) is 5.97 Å². The predicted molar refractivity (Wildman–Crippen MR) is 81.8 cm³/mol. The molecular weight excluding hydrogens is 266 g/mol. The second-order valence-corrected chi connectivity index (χ2v) is 5.80. The quantitative estimate of drug-likeness (QED) is 0.748. The molecule has 2 unspecified atom stereocenters. The summed E-state index contributed by atoms with van der Waals surface area (Å²) in [5.74, 6) is 0.275. The molecule has 1 aliphatic carbocycles. The van der Waals surface area contributed by atoms with Crippen LogP contribution in [0.3, 0.4) is 0 Å². The minimum atomic E-state index is -0.480. The number of carbonyl (C=O) groups is 1. The number of hydrogen-bond donors (Lipinski definition) is 1. The number of esters is 1. The van der Waals surface area contributed by atoms with Crippen molar-refractivity contribution >= 4 is 5.97 Å². The third-order valence-corrected chi connectivity index (χ3v) is 4.45. The highest BCUT2D eigenvalue weighted by Gasteiger charge is 2.49. The normalized spacial score (nSPS) is 25.1. The van der Waals surface area contributed by atoms with E-state index in [0.29, 0.717) is 12.5 Å². The largest absolute Gasteiger partial charge is 0.465 e. The summed E-state index contributed by atoms with van der Waals surface area (Å²) in [7, 11) is 0. The number of aromatic nitrogens is 2. The fraction of sp³-hybridized carbons (Fsp3) is 0.750. The van der Waals surface area contributed by atoms with Gasteiger partial charge in [0.2, 0.25) is 0 Å². The van der Waals surface area contributed by atoms with E-state index >= 15 is 0 Å². The Morgan fingerprint density at radius 3 is 3.05 bits per heavy atom. The molecule has 1 aromatic rings. The van der Waals surface area contributed by atoms with Crippen molar-refractivity contribution in [2.45, 2.75) is 58.0 Å². The molecule has 0 bridgehead atoms. The van der Waals surface area contributed by atoms with Crippen LogP contribution in [0.15, 0.2) is 18.7 Å². The lowest BCUT2D eigenvalue weighted by Crippen LogP contribution is -2.56. The first kappa shape index (κ1) is 16.0. The number of imidazole rings is 1. The van der Waals surface area contributed by atoms with Crippen LogP contribution in [0.25, 0.3) is 0 Å². The Morgan fingerprint density at radius 2 is 2.38 bits per heavy atom. The van der Waals surface area contributed by atoms with Gasteiger partial charge in [0.25, 0.3) is 0 Å². The summed E-state index contributed by atoms with van der Waals surface area (Å²) in [6, 6.07) is 0. The van der Waals surface area contributed by atoms with Crippen molar-refractivity contribution in [3.8, 4) is 0 Å².